The topological polar surface area (TPSA) is 40.7 Å². The van der Waals surface area contributed by atoms with Crippen molar-refractivity contribution in [3.8, 4) is 0 Å². The van der Waals surface area contributed by atoms with E-state index in [0.29, 0.717) is 0 Å². The fourth-order valence-corrected chi connectivity index (χ4v) is 2.89. The summed E-state index contributed by atoms with van der Waals surface area (Å²) in [4.78, 5) is 7.97. The lowest BCUT2D eigenvalue weighted by atomic mass is 9.99. The predicted molar refractivity (Wildman–Crippen MR) is 91.9 cm³/mol. The van der Waals surface area contributed by atoms with E-state index in [-0.39, 0.29) is 6.04 Å². The van der Waals surface area contributed by atoms with Gasteiger partial charge in [-0.25, -0.2) is 4.98 Å². The van der Waals surface area contributed by atoms with Gasteiger partial charge in [0.1, 0.15) is 5.82 Å². The standard InChI is InChI=1S/C19H23N3/c1-4-19-21-14(3)18(22-19)12-20-13(2)16-11-7-9-15-8-5-6-10-17(15)16/h5-11,13,20H,4,12H2,1-3H3,(H,21,22). The van der Waals surface area contributed by atoms with Gasteiger partial charge in [-0.3, -0.25) is 0 Å². The van der Waals surface area contributed by atoms with Crippen molar-refractivity contribution in [2.75, 3.05) is 0 Å². The minimum Gasteiger partial charge on any atom is -0.346 e. The smallest absolute Gasteiger partial charge is 0.106 e. The lowest BCUT2D eigenvalue weighted by molar-refractivity contribution is 0.570. The summed E-state index contributed by atoms with van der Waals surface area (Å²) in [6.07, 6.45) is 0.944. The number of nitrogens with one attached hydrogen (secondary N) is 2. The molecule has 0 aliphatic carbocycles. The van der Waals surface area contributed by atoms with Crippen molar-refractivity contribution in [3.05, 3.63) is 65.2 Å². The fourth-order valence-electron chi connectivity index (χ4n) is 2.89. The average Bonchev–Trinajstić information content (AvgIpc) is 2.92. The van der Waals surface area contributed by atoms with Gasteiger partial charge in [0.05, 0.1) is 5.69 Å². The van der Waals surface area contributed by atoms with Gasteiger partial charge in [-0.2, -0.15) is 0 Å². The van der Waals surface area contributed by atoms with Gasteiger partial charge in [0, 0.05) is 24.7 Å². The molecule has 0 bridgehead atoms. The van der Waals surface area contributed by atoms with Crippen LogP contribution >= 0.6 is 0 Å². The van der Waals surface area contributed by atoms with Crippen LogP contribution in [-0.4, -0.2) is 9.97 Å². The van der Waals surface area contributed by atoms with Crippen LogP contribution in [0.15, 0.2) is 42.5 Å². The number of rotatable bonds is 5. The number of hydrogen-bond donors (Lipinski definition) is 2. The Morgan fingerprint density at radius 2 is 1.91 bits per heavy atom. The van der Waals surface area contributed by atoms with Crippen molar-refractivity contribution in [1.29, 1.82) is 0 Å². The summed E-state index contributed by atoms with van der Waals surface area (Å²) in [5, 5.41) is 6.21. The molecule has 0 aliphatic rings. The van der Waals surface area contributed by atoms with Crippen molar-refractivity contribution < 1.29 is 0 Å². The van der Waals surface area contributed by atoms with E-state index in [2.05, 4.69) is 78.5 Å². The first-order valence-corrected chi connectivity index (χ1v) is 7.94. The zero-order chi connectivity index (χ0) is 15.5. The zero-order valence-corrected chi connectivity index (χ0v) is 13.5. The maximum absolute atomic E-state index is 4.64. The Morgan fingerprint density at radius 3 is 2.68 bits per heavy atom. The van der Waals surface area contributed by atoms with Crippen molar-refractivity contribution in [1.82, 2.24) is 15.3 Å². The Kier molecular flexibility index (Phi) is 4.25. The number of aromatic nitrogens is 2. The van der Waals surface area contributed by atoms with Crippen LogP contribution in [0.25, 0.3) is 10.8 Å². The molecule has 22 heavy (non-hydrogen) atoms. The number of fused-ring (bicyclic) bond motifs is 1. The molecule has 1 unspecified atom stereocenters. The van der Waals surface area contributed by atoms with Crippen molar-refractivity contribution in [3.63, 3.8) is 0 Å². The van der Waals surface area contributed by atoms with E-state index >= 15 is 0 Å². The lowest BCUT2D eigenvalue weighted by Crippen LogP contribution is -2.19. The largest absolute Gasteiger partial charge is 0.346 e. The highest BCUT2D eigenvalue weighted by molar-refractivity contribution is 5.86. The molecule has 0 radical (unpaired) electrons. The third kappa shape index (κ3) is 2.90. The summed E-state index contributed by atoms with van der Waals surface area (Å²) in [5.41, 5.74) is 3.61. The van der Waals surface area contributed by atoms with Gasteiger partial charge >= 0.3 is 0 Å². The Balaban J connectivity index is 1.78. The highest BCUT2D eigenvalue weighted by atomic mass is 15.0. The molecular formula is C19H23N3. The minimum absolute atomic E-state index is 0.285. The Bertz CT molecular complexity index is 768. The third-order valence-electron chi connectivity index (χ3n) is 4.24. The zero-order valence-electron chi connectivity index (χ0n) is 13.5. The molecule has 3 aromatic rings. The number of imidazole rings is 1. The van der Waals surface area contributed by atoms with Gasteiger partial charge < -0.3 is 10.3 Å². The summed E-state index contributed by atoms with van der Waals surface area (Å²) in [5.74, 6) is 1.06. The van der Waals surface area contributed by atoms with E-state index in [1.807, 2.05) is 0 Å². The second-order valence-corrected chi connectivity index (χ2v) is 5.78. The van der Waals surface area contributed by atoms with Crippen LogP contribution in [0.4, 0.5) is 0 Å². The first kappa shape index (κ1) is 14.8. The minimum atomic E-state index is 0.285. The molecule has 0 spiro atoms. The molecule has 0 amide bonds. The van der Waals surface area contributed by atoms with Crippen molar-refractivity contribution in [2.45, 2.75) is 39.8 Å². The molecule has 0 saturated heterocycles. The maximum atomic E-state index is 4.64. The van der Waals surface area contributed by atoms with E-state index in [4.69, 9.17) is 0 Å². The van der Waals surface area contributed by atoms with E-state index in [9.17, 15) is 0 Å². The first-order chi connectivity index (χ1) is 10.7. The molecule has 2 aromatic carbocycles. The summed E-state index contributed by atoms with van der Waals surface area (Å²) >= 11 is 0. The number of H-pyrrole nitrogens is 1. The second-order valence-electron chi connectivity index (χ2n) is 5.78. The van der Waals surface area contributed by atoms with Crippen LogP contribution < -0.4 is 5.32 Å². The number of aromatic amines is 1. The molecule has 2 N–H and O–H groups in total. The summed E-state index contributed by atoms with van der Waals surface area (Å²) in [6, 6.07) is 15.3. The summed E-state index contributed by atoms with van der Waals surface area (Å²) in [6.45, 7) is 7.21. The van der Waals surface area contributed by atoms with Crippen LogP contribution in [0.5, 0.6) is 0 Å². The van der Waals surface area contributed by atoms with Gasteiger partial charge in [0.2, 0.25) is 0 Å². The quantitative estimate of drug-likeness (QED) is 0.737. The third-order valence-corrected chi connectivity index (χ3v) is 4.24. The van der Waals surface area contributed by atoms with Gasteiger partial charge in [0.25, 0.3) is 0 Å². The molecule has 0 aliphatic heterocycles. The molecule has 0 saturated carbocycles. The molecule has 1 aromatic heterocycles. The second kappa shape index (κ2) is 6.32. The number of benzene rings is 2. The summed E-state index contributed by atoms with van der Waals surface area (Å²) in [7, 11) is 0. The molecule has 0 fully saturated rings. The van der Waals surface area contributed by atoms with Crippen molar-refractivity contribution in [2.24, 2.45) is 0 Å². The van der Waals surface area contributed by atoms with Gasteiger partial charge in [0.15, 0.2) is 0 Å². The molecule has 3 nitrogen and oxygen atoms in total. The van der Waals surface area contributed by atoms with Crippen LogP contribution in [0.3, 0.4) is 0 Å². The van der Waals surface area contributed by atoms with E-state index < -0.39 is 0 Å². The molecule has 3 rings (SSSR count). The summed E-state index contributed by atoms with van der Waals surface area (Å²) < 4.78 is 0. The highest BCUT2D eigenvalue weighted by Crippen LogP contribution is 2.24. The molecule has 1 atom stereocenters. The molecule has 3 heteroatoms. The molecule has 114 valence electrons. The van der Waals surface area contributed by atoms with Gasteiger partial charge in [-0.05, 0) is 30.2 Å². The Morgan fingerprint density at radius 1 is 1.14 bits per heavy atom. The maximum Gasteiger partial charge on any atom is 0.106 e. The van der Waals surface area contributed by atoms with E-state index in [1.165, 1.54) is 16.3 Å². The van der Waals surface area contributed by atoms with Crippen LogP contribution in [0.1, 0.15) is 42.7 Å². The predicted octanol–water partition coefficient (Wildman–Crippen LogP) is 4.28. The van der Waals surface area contributed by atoms with Gasteiger partial charge in [-0.15, -0.1) is 0 Å². The SMILES string of the molecule is CCc1nc(CNC(C)c2cccc3ccccc23)c(C)[nH]1. The molecular weight excluding hydrogens is 270 g/mol. The average molecular weight is 293 g/mol. The van der Waals surface area contributed by atoms with Crippen LogP contribution in [0, 0.1) is 6.92 Å². The normalized spacial score (nSPS) is 12.7. The highest BCUT2D eigenvalue weighted by Gasteiger charge is 2.11. The Labute approximate surface area is 131 Å². The fraction of sp³-hybridized carbons (Fsp3) is 0.316. The lowest BCUT2D eigenvalue weighted by Gasteiger charge is -2.16. The van der Waals surface area contributed by atoms with Crippen molar-refractivity contribution >= 4 is 10.8 Å². The monoisotopic (exact) mass is 293 g/mol. The first-order valence-electron chi connectivity index (χ1n) is 7.94. The Hall–Kier alpha value is -2.13. The number of aryl methyl sites for hydroxylation is 2. The number of hydrogen-bond acceptors (Lipinski definition) is 2. The van der Waals surface area contributed by atoms with E-state index in [0.717, 1.165) is 30.2 Å². The number of nitrogens with zero attached hydrogens (tertiary/aromatic N) is 1. The van der Waals surface area contributed by atoms with Gasteiger partial charge in [-0.1, -0.05) is 49.4 Å². The van der Waals surface area contributed by atoms with Crippen LogP contribution in [0.2, 0.25) is 0 Å². The molecule has 1 heterocycles. The van der Waals surface area contributed by atoms with E-state index in [1.54, 1.807) is 0 Å². The van der Waals surface area contributed by atoms with Crippen LogP contribution in [-0.2, 0) is 13.0 Å².